The molecule has 4 heteroatoms. The molecule has 184 valence electrons. The first-order valence-electron chi connectivity index (χ1n) is 13.4. The maximum Gasteiger partial charge on any atom is 0.162 e. The zero-order valence-electron chi connectivity index (χ0n) is 20.3. The molecule has 4 rings (SSSR count). The van der Waals surface area contributed by atoms with Crippen LogP contribution >= 0.6 is 0 Å². The molecule has 1 aromatic carbocycles. The summed E-state index contributed by atoms with van der Waals surface area (Å²) in [5, 5.41) is 0. The molecule has 0 amide bonds. The van der Waals surface area contributed by atoms with E-state index in [9.17, 15) is 13.2 Å². The SMILES string of the molecule is CCC1CCC(CCC2CCC(c3ccc(C4CCC(C)CC4)c(F)c3F)CC2)C(F)=C1F. The van der Waals surface area contributed by atoms with Crippen molar-refractivity contribution in [3.8, 4) is 0 Å². The summed E-state index contributed by atoms with van der Waals surface area (Å²) in [7, 11) is 0. The van der Waals surface area contributed by atoms with Crippen LogP contribution in [0.3, 0.4) is 0 Å². The van der Waals surface area contributed by atoms with Crippen LogP contribution in [0.5, 0.6) is 0 Å². The van der Waals surface area contributed by atoms with Gasteiger partial charge in [-0.1, -0.05) is 38.8 Å². The lowest BCUT2D eigenvalue weighted by Gasteiger charge is -2.32. The van der Waals surface area contributed by atoms with Gasteiger partial charge in [-0.2, -0.15) is 0 Å². The minimum atomic E-state index is -0.634. The van der Waals surface area contributed by atoms with Crippen molar-refractivity contribution >= 4 is 0 Å². The highest BCUT2D eigenvalue weighted by molar-refractivity contribution is 5.32. The predicted molar refractivity (Wildman–Crippen MR) is 126 cm³/mol. The van der Waals surface area contributed by atoms with E-state index in [4.69, 9.17) is 0 Å². The van der Waals surface area contributed by atoms with Gasteiger partial charge in [-0.25, -0.2) is 17.6 Å². The zero-order valence-corrected chi connectivity index (χ0v) is 20.3. The third-order valence-corrected chi connectivity index (χ3v) is 9.11. The zero-order chi connectivity index (χ0) is 23.5. The van der Waals surface area contributed by atoms with Gasteiger partial charge in [0.1, 0.15) is 11.7 Å². The summed E-state index contributed by atoms with van der Waals surface area (Å²) < 4.78 is 58.6. The summed E-state index contributed by atoms with van der Waals surface area (Å²) in [6.07, 6.45) is 11.4. The van der Waals surface area contributed by atoms with Crippen LogP contribution in [-0.2, 0) is 0 Å². The van der Waals surface area contributed by atoms with Gasteiger partial charge in [0.05, 0.1) is 0 Å². The lowest BCUT2D eigenvalue weighted by atomic mass is 9.74. The average molecular weight is 465 g/mol. The van der Waals surface area contributed by atoms with E-state index in [1.165, 1.54) is 0 Å². The monoisotopic (exact) mass is 464 g/mol. The third-order valence-electron chi connectivity index (χ3n) is 9.11. The van der Waals surface area contributed by atoms with Crippen LogP contribution in [0.15, 0.2) is 23.8 Å². The first-order valence-corrected chi connectivity index (χ1v) is 13.4. The van der Waals surface area contributed by atoms with Gasteiger partial charge in [-0.05, 0) is 105 Å². The Kier molecular flexibility index (Phi) is 8.23. The second kappa shape index (κ2) is 11.0. The van der Waals surface area contributed by atoms with Crippen LogP contribution < -0.4 is 0 Å². The summed E-state index contributed by atoms with van der Waals surface area (Å²) in [5.41, 5.74) is 1.10. The number of hydrogen-bond acceptors (Lipinski definition) is 0. The van der Waals surface area contributed by atoms with E-state index < -0.39 is 23.3 Å². The summed E-state index contributed by atoms with van der Waals surface area (Å²) in [4.78, 5) is 0. The Morgan fingerprint density at radius 2 is 1.12 bits per heavy atom. The van der Waals surface area contributed by atoms with Crippen molar-refractivity contribution in [3.63, 3.8) is 0 Å². The van der Waals surface area contributed by atoms with Gasteiger partial charge in [-0.15, -0.1) is 0 Å². The van der Waals surface area contributed by atoms with Gasteiger partial charge < -0.3 is 0 Å². The molecule has 2 unspecified atom stereocenters. The largest absolute Gasteiger partial charge is 0.209 e. The number of benzene rings is 1. The standard InChI is InChI=1S/C29H40F4/c1-3-20-14-15-23(27(31)26(20)30)13-8-19-6-11-22(12-7-19)25-17-16-24(28(32)29(25)33)21-9-4-18(2)5-10-21/h16-23H,3-15H2,1-2H3. The maximum atomic E-state index is 15.0. The predicted octanol–water partition coefficient (Wildman–Crippen LogP) is 9.90. The smallest absolute Gasteiger partial charge is 0.162 e. The lowest BCUT2D eigenvalue weighted by molar-refractivity contribution is 0.245. The van der Waals surface area contributed by atoms with E-state index in [0.717, 1.165) is 70.6 Å². The van der Waals surface area contributed by atoms with Crippen molar-refractivity contribution < 1.29 is 17.6 Å². The van der Waals surface area contributed by atoms with E-state index in [1.54, 1.807) is 0 Å². The molecule has 2 atom stereocenters. The van der Waals surface area contributed by atoms with E-state index in [1.807, 2.05) is 19.1 Å². The van der Waals surface area contributed by atoms with Gasteiger partial charge in [0, 0.05) is 11.8 Å². The Hall–Kier alpha value is -1.32. The Bertz CT molecular complexity index is 828. The fraction of sp³-hybridized carbons (Fsp3) is 0.724. The second-order valence-corrected chi connectivity index (χ2v) is 11.2. The molecule has 0 saturated heterocycles. The average Bonchev–Trinajstić information content (AvgIpc) is 2.83. The molecule has 1 aromatic rings. The van der Waals surface area contributed by atoms with Gasteiger partial charge >= 0.3 is 0 Å². The fourth-order valence-corrected chi connectivity index (χ4v) is 6.68. The summed E-state index contributed by atoms with van der Waals surface area (Å²) in [6.45, 7) is 4.14. The molecule has 2 saturated carbocycles. The minimum Gasteiger partial charge on any atom is -0.209 e. The second-order valence-electron chi connectivity index (χ2n) is 11.2. The summed E-state index contributed by atoms with van der Waals surface area (Å²) in [5.74, 6) is -1.43. The lowest BCUT2D eigenvalue weighted by Crippen LogP contribution is -2.19. The number of hydrogen-bond donors (Lipinski definition) is 0. The Balaban J connectivity index is 1.31. The summed E-state index contributed by atoms with van der Waals surface area (Å²) in [6, 6.07) is 3.68. The Morgan fingerprint density at radius 1 is 0.636 bits per heavy atom. The van der Waals surface area contributed by atoms with Crippen molar-refractivity contribution in [2.45, 2.75) is 109 Å². The third kappa shape index (κ3) is 5.51. The Morgan fingerprint density at radius 3 is 1.67 bits per heavy atom. The van der Waals surface area contributed by atoms with Crippen LogP contribution in [0.1, 0.15) is 120 Å². The van der Waals surface area contributed by atoms with Crippen molar-refractivity contribution in [1.82, 2.24) is 0 Å². The molecule has 3 aliphatic carbocycles. The van der Waals surface area contributed by atoms with Crippen LogP contribution in [0.4, 0.5) is 17.6 Å². The highest BCUT2D eigenvalue weighted by Crippen LogP contribution is 2.44. The van der Waals surface area contributed by atoms with Gasteiger partial charge in [0.2, 0.25) is 0 Å². The summed E-state index contributed by atoms with van der Waals surface area (Å²) >= 11 is 0. The molecule has 0 bridgehead atoms. The molecule has 0 N–H and O–H groups in total. The fourth-order valence-electron chi connectivity index (χ4n) is 6.68. The van der Waals surface area contributed by atoms with Crippen molar-refractivity contribution in [2.24, 2.45) is 23.7 Å². The first-order chi connectivity index (χ1) is 15.9. The van der Waals surface area contributed by atoms with Crippen molar-refractivity contribution in [2.75, 3.05) is 0 Å². The first kappa shape index (κ1) is 24.8. The number of rotatable bonds is 6. The molecular weight excluding hydrogens is 424 g/mol. The van der Waals surface area contributed by atoms with Crippen molar-refractivity contribution in [3.05, 3.63) is 46.5 Å². The molecule has 3 aliphatic rings. The quantitative estimate of drug-likeness (QED) is 0.367. The molecule has 33 heavy (non-hydrogen) atoms. The van der Waals surface area contributed by atoms with E-state index in [-0.39, 0.29) is 23.7 Å². The Labute approximate surface area is 197 Å². The number of allylic oxidation sites excluding steroid dienone is 2. The molecule has 2 fully saturated rings. The minimum absolute atomic E-state index is 0.0604. The maximum absolute atomic E-state index is 15.0. The topological polar surface area (TPSA) is 0 Å². The number of halogens is 4. The van der Waals surface area contributed by atoms with Crippen molar-refractivity contribution in [1.29, 1.82) is 0 Å². The normalized spacial score (nSPS) is 33.4. The van der Waals surface area contributed by atoms with Gasteiger partial charge in [0.15, 0.2) is 11.6 Å². The highest BCUT2D eigenvalue weighted by atomic mass is 19.2. The van der Waals surface area contributed by atoms with E-state index >= 15 is 4.39 Å². The van der Waals surface area contributed by atoms with Crippen LogP contribution in [0.2, 0.25) is 0 Å². The molecular formula is C29H40F4. The molecule has 0 aromatic heterocycles. The van der Waals surface area contributed by atoms with E-state index in [0.29, 0.717) is 35.8 Å². The molecule has 0 aliphatic heterocycles. The van der Waals surface area contributed by atoms with Gasteiger partial charge in [-0.3, -0.25) is 0 Å². The van der Waals surface area contributed by atoms with E-state index in [2.05, 4.69) is 6.92 Å². The highest BCUT2D eigenvalue weighted by Gasteiger charge is 2.32. The van der Waals surface area contributed by atoms with Crippen LogP contribution in [0.25, 0.3) is 0 Å². The van der Waals surface area contributed by atoms with Crippen LogP contribution in [0, 0.1) is 35.3 Å². The van der Waals surface area contributed by atoms with Gasteiger partial charge in [0.25, 0.3) is 0 Å². The molecule has 0 radical (unpaired) electrons. The van der Waals surface area contributed by atoms with Crippen LogP contribution in [-0.4, -0.2) is 0 Å². The molecule has 0 spiro atoms. The molecule has 0 nitrogen and oxygen atoms in total. The molecule has 0 heterocycles.